The van der Waals surface area contributed by atoms with Crippen molar-refractivity contribution in [2.24, 2.45) is 5.73 Å². The smallest absolute Gasteiger partial charge is 0.139 e. The maximum absolute atomic E-state index is 6.13. The molecule has 4 heterocycles. The van der Waals surface area contributed by atoms with Crippen LogP contribution in [0.25, 0.3) is 27.8 Å². The van der Waals surface area contributed by atoms with E-state index in [-0.39, 0.29) is 37.2 Å². The first-order chi connectivity index (χ1) is 17.2. The molecule has 4 aromatic rings. The van der Waals surface area contributed by atoms with Crippen LogP contribution in [0, 0.1) is 0 Å². The van der Waals surface area contributed by atoms with Crippen molar-refractivity contribution in [2.75, 3.05) is 44.4 Å². The van der Waals surface area contributed by atoms with E-state index in [0.29, 0.717) is 18.7 Å². The molecule has 2 aliphatic rings. The Morgan fingerprint density at radius 1 is 1.05 bits per heavy atom. The van der Waals surface area contributed by atoms with Crippen LogP contribution in [0.2, 0.25) is 0 Å². The van der Waals surface area contributed by atoms with Gasteiger partial charge in [-0.25, -0.2) is 9.97 Å². The predicted molar refractivity (Wildman–Crippen MR) is 160 cm³/mol. The molecule has 38 heavy (non-hydrogen) atoms. The fourth-order valence-electron chi connectivity index (χ4n) is 5.04. The van der Waals surface area contributed by atoms with E-state index in [9.17, 15) is 0 Å². The minimum absolute atomic E-state index is 0. The number of halogens is 3. The van der Waals surface area contributed by atoms with Crippen molar-refractivity contribution in [1.29, 1.82) is 0 Å². The summed E-state index contributed by atoms with van der Waals surface area (Å²) < 4.78 is 13.6. The van der Waals surface area contributed by atoms with Gasteiger partial charge in [-0.1, -0.05) is 12.1 Å². The second-order valence-electron chi connectivity index (χ2n) is 9.47. The van der Waals surface area contributed by atoms with Gasteiger partial charge < -0.3 is 25.4 Å². The highest BCUT2D eigenvalue weighted by Crippen LogP contribution is 2.29. The summed E-state index contributed by atoms with van der Waals surface area (Å²) in [6, 6.07) is 17.3. The highest BCUT2D eigenvalue weighted by molar-refractivity contribution is 5.92. The normalized spacial score (nSPS) is 17.9. The lowest BCUT2D eigenvalue weighted by atomic mass is 10.0. The second kappa shape index (κ2) is 13.6. The highest BCUT2D eigenvalue weighted by Gasteiger charge is 2.19. The summed E-state index contributed by atoms with van der Waals surface area (Å²) in [5.41, 5.74) is 10.2. The van der Waals surface area contributed by atoms with Gasteiger partial charge >= 0.3 is 0 Å². The quantitative estimate of drug-likeness (QED) is 0.346. The van der Waals surface area contributed by atoms with Crippen LogP contribution < -0.4 is 20.7 Å². The number of nitrogens with two attached hydrogens (primary N) is 1. The summed E-state index contributed by atoms with van der Waals surface area (Å²) in [5.74, 6) is 1.69. The Morgan fingerprint density at radius 3 is 2.68 bits per heavy atom. The topological polar surface area (TPSA) is 90.5 Å². The molecule has 0 spiro atoms. The third-order valence-corrected chi connectivity index (χ3v) is 7.06. The zero-order valence-electron chi connectivity index (χ0n) is 21.1. The summed E-state index contributed by atoms with van der Waals surface area (Å²) in [6.07, 6.45) is 4.78. The van der Waals surface area contributed by atoms with Crippen LogP contribution >= 0.6 is 37.2 Å². The van der Waals surface area contributed by atoms with Crippen molar-refractivity contribution in [3.05, 3.63) is 54.9 Å². The molecule has 1 unspecified atom stereocenters. The Balaban J connectivity index is 0.00000133. The first-order valence-corrected chi connectivity index (χ1v) is 12.6. The molecule has 0 saturated carbocycles. The number of piperidine rings is 1. The zero-order valence-corrected chi connectivity index (χ0v) is 23.6. The van der Waals surface area contributed by atoms with Crippen LogP contribution in [0.1, 0.15) is 19.3 Å². The molecule has 2 aromatic carbocycles. The summed E-state index contributed by atoms with van der Waals surface area (Å²) in [7, 11) is 0. The molecule has 1 atom stereocenters. The molecule has 2 aromatic heterocycles. The van der Waals surface area contributed by atoms with E-state index in [1.165, 1.54) is 5.69 Å². The van der Waals surface area contributed by atoms with E-state index in [2.05, 4.69) is 51.6 Å². The van der Waals surface area contributed by atoms with Crippen molar-refractivity contribution in [3.8, 4) is 11.6 Å². The standard InChI is InChI=1S/C27H32N6O2.3ClH/c28-20-8-12-32(13-9-20)25-3-1-2-19-4-7-26(31-27(19)25)33-18-30-23-16-22(5-6-24(23)33)35-14-10-21-17-34-15-11-29-21;;;/h1-7,16,18,20-21,29H,8-15,17,28H2;3*1H. The predicted octanol–water partition coefficient (Wildman–Crippen LogP) is 4.52. The van der Waals surface area contributed by atoms with Gasteiger partial charge in [0.25, 0.3) is 0 Å². The maximum Gasteiger partial charge on any atom is 0.139 e. The molecule has 8 nitrogen and oxygen atoms in total. The van der Waals surface area contributed by atoms with Gasteiger partial charge in [0.15, 0.2) is 0 Å². The molecular formula is C27H35Cl3N6O2. The number of nitrogens with zero attached hydrogens (tertiary/aromatic N) is 4. The Labute approximate surface area is 241 Å². The summed E-state index contributed by atoms with van der Waals surface area (Å²) in [5, 5.41) is 4.60. The van der Waals surface area contributed by atoms with Gasteiger partial charge in [0, 0.05) is 43.2 Å². The number of hydrogen-bond donors (Lipinski definition) is 2. The summed E-state index contributed by atoms with van der Waals surface area (Å²) in [4.78, 5) is 12.1. The third kappa shape index (κ3) is 6.45. The van der Waals surface area contributed by atoms with E-state index in [1.807, 2.05) is 23.0 Å². The van der Waals surface area contributed by atoms with E-state index >= 15 is 0 Å². The van der Waals surface area contributed by atoms with Crippen LogP contribution in [-0.4, -0.2) is 66.1 Å². The molecule has 2 aliphatic heterocycles. The Bertz CT molecular complexity index is 1320. The number of para-hydroxylation sites is 1. The number of hydrogen-bond acceptors (Lipinski definition) is 7. The maximum atomic E-state index is 6.13. The molecule has 0 aliphatic carbocycles. The Kier molecular flexibility index (Phi) is 10.8. The van der Waals surface area contributed by atoms with Gasteiger partial charge in [0.1, 0.15) is 17.9 Å². The Morgan fingerprint density at radius 2 is 1.89 bits per heavy atom. The van der Waals surface area contributed by atoms with E-state index in [0.717, 1.165) is 85.6 Å². The van der Waals surface area contributed by atoms with Gasteiger partial charge in [-0.05, 0) is 49.6 Å². The average molecular weight is 582 g/mol. The first kappa shape index (κ1) is 30.2. The van der Waals surface area contributed by atoms with E-state index in [1.54, 1.807) is 0 Å². The minimum atomic E-state index is 0. The van der Waals surface area contributed by atoms with Gasteiger partial charge in [-0.2, -0.15) is 0 Å². The number of ether oxygens (including phenoxy) is 2. The molecule has 2 fully saturated rings. The number of benzene rings is 2. The van der Waals surface area contributed by atoms with Gasteiger partial charge in [-0.15, -0.1) is 37.2 Å². The molecule has 206 valence electrons. The molecule has 2 saturated heterocycles. The third-order valence-electron chi connectivity index (χ3n) is 7.06. The molecule has 6 rings (SSSR count). The van der Waals surface area contributed by atoms with Crippen LogP contribution in [0.4, 0.5) is 5.69 Å². The van der Waals surface area contributed by atoms with Gasteiger partial charge in [0.2, 0.25) is 0 Å². The number of nitrogens with one attached hydrogen (secondary N) is 1. The van der Waals surface area contributed by atoms with E-state index < -0.39 is 0 Å². The van der Waals surface area contributed by atoms with Crippen LogP contribution in [0.15, 0.2) is 54.9 Å². The zero-order chi connectivity index (χ0) is 23.6. The number of pyridine rings is 1. The number of imidazole rings is 1. The van der Waals surface area contributed by atoms with Crippen LogP contribution in [0.3, 0.4) is 0 Å². The Hall–Kier alpha value is -2.33. The van der Waals surface area contributed by atoms with E-state index in [4.69, 9.17) is 20.2 Å². The van der Waals surface area contributed by atoms with Crippen molar-refractivity contribution < 1.29 is 9.47 Å². The van der Waals surface area contributed by atoms with Crippen molar-refractivity contribution in [2.45, 2.75) is 31.3 Å². The lowest BCUT2D eigenvalue weighted by molar-refractivity contribution is 0.0691. The molecular weight excluding hydrogens is 547 g/mol. The summed E-state index contributed by atoms with van der Waals surface area (Å²) in [6.45, 7) is 5.02. The molecule has 3 N–H and O–H groups in total. The molecule has 11 heteroatoms. The average Bonchev–Trinajstić information content (AvgIpc) is 3.32. The molecule has 0 bridgehead atoms. The highest BCUT2D eigenvalue weighted by atomic mass is 35.5. The number of morpholine rings is 1. The van der Waals surface area contributed by atoms with Crippen LogP contribution in [0.5, 0.6) is 5.75 Å². The minimum Gasteiger partial charge on any atom is -0.493 e. The molecule has 0 amide bonds. The summed E-state index contributed by atoms with van der Waals surface area (Å²) >= 11 is 0. The fourth-order valence-corrected chi connectivity index (χ4v) is 5.04. The number of anilines is 1. The largest absolute Gasteiger partial charge is 0.493 e. The molecule has 0 radical (unpaired) electrons. The van der Waals surface area contributed by atoms with Crippen molar-refractivity contribution >= 4 is 64.8 Å². The van der Waals surface area contributed by atoms with Gasteiger partial charge in [0.05, 0.1) is 42.1 Å². The van der Waals surface area contributed by atoms with Crippen molar-refractivity contribution in [1.82, 2.24) is 19.9 Å². The lowest BCUT2D eigenvalue weighted by Gasteiger charge is -2.32. The van der Waals surface area contributed by atoms with Gasteiger partial charge in [-0.3, -0.25) is 4.57 Å². The number of aromatic nitrogens is 3. The second-order valence-corrected chi connectivity index (χ2v) is 9.47. The number of fused-ring (bicyclic) bond motifs is 2. The SMILES string of the molecule is Cl.Cl.Cl.NC1CCN(c2cccc3ccc(-n4cnc5cc(OCCC6COCCN6)ccc54)nc23)CC1. The number of rotatable bonds is 6. The monoisotopic (exact) mass is 580 g/mol. The first-order valence-electron chi connectivity index (χ1n) is 12.6. The van der Waals surface area contributed by atoms with Crippen LogP contribution in [-0.2, 0) is 4.74 Å². The van der Waals surface area contributed by atoms with Crippen molar-refractivity contribution in [3.63, 3.8) is 0 Å². The fraction of sp³-hybridized carbons (Fsp3) is 0.407. The lowest BCUT2D eigenvalue weighted by Crippen LogP contribution is -2.41.